The Hall–Kier alpha value is -3.86. The van der Waals surface area contributed by atoms with E-state index in [2.05, 4.69) is 20.5 Å². The normalized spacial score (nSPS) is 16.2. The third-order valence-corrected chi connectivity index (χ3v) is 5.92. The van der Waals surface area contributed by atoms with Crippen LogP contribution in [0.2, 0.25) is 0 Å². The van der Waals surface area contributed by atoms with Crippen molar-refractivity contribution in [3.8, 4) is 11.1 Å². The summed E-state index contributed by atoms with van der Waals surface area (Å²) in [5.41, 5.74) is 2.70. The first-order valence-corrected chi connectivity index (χ1v) is 12.6. The van der Waals surface area contributed by atoms with Gasteiger partial charge in [0, 0.05) is 23.9 Å². The highest BCUT2D eigenvalue weighted by Gasteiger charge is 2.31. The lowest BCUT2D eigenvalue weighted by Gasteiger charge is -2.32. The second kappa shape index (κ2) is 9.56. The van der Waals surface area contributed by atoms with Crippen LogP contribution in [0.5, 0.6) is 0 Å². The molecule has 2 heterocycles. The van der Waals surface area contributed by atoms with E-state index in [1.165, 1.54) is 0 Å². The molecular formula is C23H25N5O5S. The number of rotatable bonds is 6. The number of aryl methyl sites for hydroxylation is 1. The molecule has 0 radical (unpaired) electrons. The van der Waals surface area contributed by atoms with E-state index in [1.54, 1.807) is 30.0 Å². The van der Waals surface area contributed by atoms with Gasteiger partial charge in [0.2, 0.25) is 15.9 Å². The van der Waals surface area contributed by atoms with Gasteiger partial charge in [0.25, 0.3) is 0 Å². The number of amides is 3. The molecule has 1 aliphatic rings. The summed E-state index contributed by atoms with van der Waals surface area (Å²) >= 11 is 0. The van der Waals surface area contributed by atoms with Crippen molar-refractivity contribution in [2.45, 2.75) is 25.8 Å². The molecule has 11 heteroatoms. The van der Waals surface area contributed by atoms with Gasteiger partial charge in [0.1, 0.15) is 11.8 Å². The minimum Gasteiger partial charge on any atom is -0.360 e. The number of benzene rings is 2. The van der Waals surface area contributed by atoms with Crippen molar-refractivity contribution < 1.29 is 22.5 Å². The lowest BCUT2D eigenvalue weighted by Crippen LogP contribution is -2.53. The smallest absolute Gasteiger partial charge is 0.321 e. The Labute approximate surface area is 197 Å². The first-order valence-electron chi connectivity index (χ1n) is 10.7. The minimum atomic E-state index is -3.43. The fourth-order valence-corrected chi connectivity index (χ4v) is 4.42. The minimum absolute atomic E-state index is 0.204. The van der Waals surface area contributed by atoms with E-state index in [4.69, 9.17) is 4.52 Å². The van der Waals surface area contributed by atoms with E-state index < -0.39 is 22.1 Å². The molecule has 0 bridgehead atoms. The van der Waals surface area contributed by atoms with Crippen LogP contribution in [0.25, 0.3) is 11.1 Å². The van der Waals surface area contributed by atoms with Crippen LogP contribution in [-0.2, 0) is 14.8 Å². The second-order valence-corrected chi connectivity index (χ2v) is 9.82. The van der Waals surface area contributed by atoms with E-state index in [9.17, 15) is 18.0 Å². The molecule has 3 amide bonds. The zero-order chi connectivity index (χ0) is 24.3. The summed E-state index contributed by atoms with van der Waals surface area (Å²) < 4.78 is 30.8. The molecule has 1 aromatic heterocycles. The van der Waals surface area contributed by atoms with Crippen molar-refractivity contribution in [3.63, 3.8) is 0 Å². The molecule has 0 spiro atoms. The number of nitrogens with one attached hydrogen (secondary N) is 3. The largest absolute Gasteiger partial charge is 0.360 e. The van der Waals surface area contributed by atoms with Crippen LogP contribution in [0.3, 0.4) is 0 Å². The fraction of sp³-hybridized carbons (Fsp3) is 0.261. The summed E-state index contributed by atoms with van der Waals surface area (Å²) in [5, 5.41) is 8.97. The number of hydrogen-bond acceptors (Lipinski definition) is 6. The van der Waals surface area contributed by atoms with E-state index >= 15 is 0 Å². The fourth-order valence-electron chi connectivity index (χ4n) is 3.85. The van der Waals surface area contributed by atoms with Gasteiger partial charge < -0.3 is 14.7 Å². The van der Waals surface area contributed by atoms with E-state index in [0.29, 0.717) is 30.1 Å². The number of nitrogens with zero attached hydrogens (tertiary/aromatic N) is 2. The summed E-state index contributed by atoms with van der Waals surface area (Å²) in [5.74, 6) is 0.634. The van der Waals surface area contributed by atoms with Crippen molar-refractivity contribution in [3.05, 3.63) is 60.4 Å². The summed E-state index contributed by atoms with van der Waals surface area (Å²) in [7, 11) is -3.43. The van der Waals surface area contributed by atoms with Crippen molar-refractivity contribution in [2.75, 3.05) is 27.7 Å². The van der Waals surface area contributed by atoms with Gasteiger partial charge in [-0.05, 0) is 43.5 Å². The number of urea groups is 1. The number of sulfonamides is 1. The monoisotopic (exact) mass is 483 g/mol. The maximum absolute atomic E-state index is 13.1. The quantitative estimate of drug-likeness (QED) is 0.492. The molecule has 3 aromatic rings. The standard InChI is InChI=1S/C23H25N5O5S/c1-15-14-21(26-33-15)25-23(30)24-20-8-5-13-28(22(20)29)17-11-9-16(10-12-17)18-6-3-4-7-19(18)27-34(2,31)32/h3-4,6-7,9-12,14,20,27H,5,8,13H2,1-2H3,(H2,24,25,26,30)/t20-/m1/s1. The molecule has 0 unspecified atom stereocenters. The molecule has 0 aliphatic carbocycles. The average molecular weight is 484 g/mol. The van der Waals surface area contributed by atoms with Crippen LogP contribution in [-0.4, -0.2) is 44.4 Å². The molecule has 0 saturated carbocycles. The Morgan fingerprint density at radius 1 is 1.15 bits per heavy atom. The van der Waals surface area contributed by atoms with Crippen LogP contribution < -0.4 is 20.3 Å². The predicted molar refractivity (Wildman–Crippen MR) is 129 cm³/mol. The lowest BCUT2D eigenvalue weighted by molar-refractivity contribution is -0.121. The SMILES string of the molecule is Cc1cc(NC(=O)N[C@@H]2CCCN(c3ccc(-c4ccccc4NS(C)(=O)=O)cc3)C2=O)no1. The molecule has 2 aromatic carbocycles. The van der Waals surface area contributed by atoms with Gasteiger partial charge in [0.15, 0.2) is 5.82 Å². The zero-order valence-corrected chi connectivity index (χ0v) is 19.6. The highest BCUT2D eigenvalue weighted by atomic mass is 32.2. The van der Waals surface area contributed by atoms with Gasteiger partial charge in [-0.25, -0.2) is 13.2 Å². The highest BCUT2D eigenvalue weighted by Crippen LogP contribution is 2.31. The van der Waals surface area contributed by atoms with Crippen LogP contribution in [0.15, 0.2) is 59.1 Å². The summed E-state index contributed by atoms with van der Waals surface area (Å²) in [6, 6.07) is 14.8. The topological polar surface area (TPSA) is 134 Å². The summed E-state index contributed by atoms with van der Waals surface area (Å²) in [6.07, 6.45) is 2.36. The Kier molecular flexibility index (Phi) is 6.55. The summed E-state index contributed by atoms with van der Waals surface area (Å²) in [6.45, 7) is 2.25. The molecular weight excluding hydrogens is 458 g/mol. The molecule has 1 aliphatic heterocycles. The van der Waals surface area contributed by atoms with Crippen molar-refractivity contribution in [1.29, 1.82) is 0 Å². The van der Waals surface area contributed by atoms with E-state index in [0.717, 1.165) is 23.8 Å². The van der Waals surface area contributed by atoms with Crippen LogP contribution in [0, 0.1) is 6.92 Å². The zero-order valence-electron chi connectivity index (χ0n) is 18.7. The molecule has 1 fully saturated rings. The number of aromatic nitrogens is 1. The van der Waals surface area contributed by atoms with E-state index in [1.807, 2.05) is 36.4 Å². The van der Waals surface area contributed by atoms with Gasteiger partial charge in [-0.3, -0.25) is 14.8 Å². The third kappa shape index (κ3) is 5.54. The number of anilines is 3. The summed E-state index contributed by atoms with van der Waals surface area (Å²) in [4.78, 5) is 27.0. The van der Waals surface area contributed by atoms with Gasteiger partial charge >= 0.3 is 6.03 Å². The maximum atomic E-state index is 13.1. The molecule has 3 N–H and O–H groups in total. The van der Waals surface area contributed by atoms with Crippen molar-refractivity contribution >= 4 is 39.2 Å². The molecule has 1 atom stereocenters. The number of piperidine rings is 1. The number of carbonyl (C=O) groups is 2. The van der Waals surface area contributed by atoms with Gasteiger partial charge in [0.05, 0.1) is 11.9 Å². The van der Waals surface area contributed by atoms with Gasteiger partial charge in [-0.15, -0.1) is 0 Å². The van der Waals surface area contributed by atoms with Gasteiger partial charge in [-0.1, -0.05) is 35.5 Å². The Bertz CT molecular complexity index is 1300. The Balaban J connectivity index is 1.46. The third-order valence-electron chi connectivity index (χ3n) is 5.33. The highest BCUT2D eigenvalue weighted by molar-refractivity contribution is 7.92. The predicted octanol–water partition coefficient (Wildman–Crippen LogP) is 3.34. The Morgan fingerprint density at radius 3 is 2.56 bits per heavy atom. The van der Waals surface area contributed by atoms with Gasteiger partial charge in [-0.2, -0.15) is 0 Å². The molecule has 10 nitrogen and oxygen atoms in total. The van der Waals surface area contributed by atoms with Crippen LogP contribution >= 0.6 is 0 Å². The number of hydrogen-bond donors (Lipinski definition) is 3. The van der Waals surface area contributed by atoms with Crippen LogP contribution in [0.4, 0.5) is 22.0 Å². The maximum Gasteiger partial charge on any atom is 0.321 e. The molecule has 178 valence electrons. The average Bonchev–Trinajstić information content (AvgIpc) is 3.19. The van der Waals surface area contributed by atoms with Crippen LogP contribution in [0.1, 0.15) is 18.6 Å². The second-order valence-electron chi connectivity index (χ2n) is 8.07. The number of para-hydroxylation sites is 1. The molecule has 4 rings (SSSR count). The van der Waals surface area contributed by atoms with E-state index in [-0.39, 0.29) is 11.7 Å². The first kappa shape index (κ1) is 23.3. The Morgan fingerprint density at radius 2 is 1.88 bits per heavy atom. The molecule has 34 heavy (non-hydrogen) atoms. The first-order chi connectivity index (χ1) is 16.2. The van der Waals surface area contributed by atoms with Crippen molar-refractivity contribution in [2.24, 2.45) is 0 Å². The van der Waals surface area contributed by atoms with Crippen molar-refractivity contribution in [1.82, 2.24) is 10.5 Å². The molecule has 1 saturated heterocycles. The number of carbonyl (C=O) groups excluding carboxylic acids is 2. The lowest BCUT2D eigenvalue weighted by atomic mass is 10.0.